The molecule has 5 heteroatoms. The van der Waals surface area contributed by atoms with Crippen molar-refractivity contribution in [3.8, 4) is 0 Å². The Morgan fingerprint density at radius 2 is 2.21 bits per heavy atom. The van der Waals surface area contributed by atoms with Gasteiger partial charge in [-0.05, 0) is 6.92 Å². The number of carbonyl (C=O) groups excluding carboxylic acids is 2. The second-order valence-electron chi connectivity index (χ2n) is 3.10. The molecular formula is C9H18N2O3. The van der Waals surface area contributed by atoms with Crippen molar-refractivity contribution in [3.05, 3.63) is 0 Å². The first-order valence-corrected chi connectivity index (χ1v) is 4.60. The summed E-state index contributed by atoms with van der Waals surface area (Å²) < 4.78 is 5.30. The standard InChI is InChI=1S/C9H18N2O3/c1-4-14-8(6-10-7-12)5-9(13)11(2)3/h7-8H,4-6H2,1-3H3,(H,10,12). The average molecular weight is 202 g/mol. The number of nitrogens with one attached hydrogen (secondary N) is 1. The second kappa shape index (κ2) is 7.32. The molecule has 0 rings (SSSR count). The maximum absolute atomic E-state index is 11.3. The first kappa shape index (κ1) is 12.9. The molecule has 0 aromatic heterocycles. The maximum atomic E-state index is 11.3. The van der Waals surface area contributed by atoms with E-state index in [0.717, 1.165) is 0 Å². The second-order valence-corrected chi connectivity index (χ2v) is 3.10. The number of rotatable bonds is 7. The van der Waals surface area contributed by atoms with Crippen LogP contribution in [0, 0.1) is 0 Å². The normalized spacial score (nSPS) is 11.9. The third-order valence-electron chi connectivity index (χ3n) is 1.73. The van der Waals surface area contributed by atoms with E-state index in [9.17, 15) is 9.59 Å². The Morgan fingerprint density at radius 1 is 1.57 bits per heavy atom. The summed E-state index contributed by atoms with van der Waals surface area (Å²) in [4.78, 5) is 22.9. The van der Waals surface area contributed by atoms with Gasteiger partial charge in [0.1, 0.15) is 0 Å². The molecule has 0 bridgehead atoms. The largest absolute Gasteiger partial charge is 0.376 e. The minimum absolute atomic E-state index is 0.00357. The van der Waals surface area contributed by atoms with Gasteiger partial charge in [-0.1, -0.05) is 0 Å². The van der Waals surface area contributed by atoms with Gasteiger partial charge in [-0.15, -0.1) is 0 Å². The van der Waals surface area contributed by atoms with Crippen molar-refractivity contribution in [2.45, 2.75) is 19.4 Å². The van der Waals surface area contributed by atoms with Crippen molar-refractivity contribution in [3.63, 3.8) is 0 Å². The van der Waals surface area contributed by atoms with Crippen LogP contribution in [0.1, 0.15) is 13.3 Å². The summed E-state index contributed by atoms with van der Waals surface area (Å²) in [6, 6.07) is 0. The van der Waals surface area contributed by atoms with Crippen molar-refractivity contribution in [1.29, 1.82) is 0 Å². The van der Waals surface area contributed by atoms with E-state index in [0.29, 0.717) is 26.0 Å². The van der Waals surface area contributed by atoms with Crippen LogP contribution in [0.4, 0.5) is 0 Å². The van der Waals surface area contributed by atoms with Crippen molar-refractivity contribution in [2.24, 2.45) is 0 Å². The van der Waals surface area contributed by atoms with Gasteiger partial charge in [0.05, 0.1) is 12.5 Å². The average Bonchev–Trinajstić information content (AvgIpc) is 2.14. The third kappa shape index (κ3) is 5.53. The molecule has 0 fully saturated rings. The van der Waals surface area contributed by atoms with Gasteiger partial charge in [0.15, 0.2) is 0 Å². The molecule has 0 saturated carbocycles. The first-order valence-electron chi connectivity index (χ1n) is 4.60. The molecule has 0 aromatic carbocycles. The summed E-state index contributed by atoms with van der Waals surface area (Å²) in [6.07, 6.45) is 0.661. The Bertz CT molecular complexity index is 183. The fourth-order valence-electron chi connectivity index (χ4n) is 0.983. The molecule has 0 aliphatic carbocycles. The lowest BCUT2D eigenvalue weighted by Gasteiger charge is -2.18. The van der Waals surface area contributed by atoms with Crippen molar-refractivity contribution in [1.82, 2.24) is 10.2 Å². The Hall–Kier alpha value is -1.10. The lowest BCUT2D eigenvalue weighted by atomic mass is 10.2. The number of carbonyl (C=O) groups is 2. The Morgan fingerprint density at radius 3 is 2.64 bits per heavy atom. The van der Waals surface area contributed by atoms with Crippen LogP contribution in [-0.2, 0) is 14.3 Å². The number of nitrogens with zero attached hydrogens (tertiary/aromatic N) is 1. The number of hydrogen-bond donors (Lipinski definition) is 1. The van der Waals surface area contributed by atoms with Gasteiger partial charge in [0.25, 0.3) is 0 Å². The molecule has 5 nitrogen and oxygen atoms in total. The van der Waals surface area contributed by atoms with Crippen molar-refractivity contribution >= 4 is 12.3 Å². The van der Waals surface area contributed by atoms with Gasteiger partial charge in [-0.25, -0.2) is 0 Å². The molecule has 1 unspecified atom stereocenters. The van der Waals surface area contributed by atoms with Gasteiger partial charge in [-0.3, -0.25) is 9.59 Å². The zero-order valence-corrected chi connectivity index (χ0v) is 8.95. The number of amides is 2. The number of ether oxygens (including phenoxy) is 1. The lowest BCUT2D eigenvalue weighted by Crippen LogP contribution is -2.34. The highest BCUT2D eigenvalue weighted by Crippen LogP contribution is 1.99. The summed E-state index contributed by atoms with van der Waals surface area (Å²) in [6.45, 7) is 2.76. The molecule has 0 aliphatic rings. The fourth-order valence-corrected chi connectivity index (χ4v) is 0.983. The molecule has 82 valence electrons. The van der Waals surface area contributed by atoms with E-state index < -0.39 is 0 Å². The van der Waals surface area contributed by atoms with E-state index in [2.05, 4.69) is 5.32 Å². The van der Waals surface area contributed by atoms with Crippen LogP contribution in [0.5, 0.6) is 0 Å². The van der Waals surface area contributed by atoms with Crippen LogP contribution in [0.25, 0.3) is 0 Å². The molecule has 0 aromatic rings. The summed E-state index contributed by atoms with van der Waals surface area (Å²) >= 11 is 0. The highest BCUT2D eigenvalue weighted by Gasteiger charge is 2.14. The SMILES string of the molecule is CCOC(CNC=O)CC(=O)N(C)C. The zero-order chi connectivity index (χ0) is 11.0. The minimum atomic E-state index is -0.236. The zero-order valence-electron chi connectivity index (χ0n) is 8.95. The van der Waals surface area contributed by atoms with Gasteiger partial charge >= 0.3 is 0 Å². The fraction of sp³-hybridized carbons (Fsp3) is 0.778. The molecule has 0 spiro atoms. The monoisotopic (exact) mass is 202 g/mol. The molecule has 0 aliphatic heterocycles. The quantitative estimate of drug-likeness (QED) is 0.572. The lowest BCUT2D eigenvalue weighted by molar-refractivity contribution is -0.131. The highest BCUT2D eigenvalue weighted by molar-refractivity contribution is 5.76. The molecule has 14 heavy (non-hydrogen) atoms. The topological polar surface area (TPSA) is 58.6 Å². The predicted octanol–water partition coefficient (Wildman–Crippen LogP) is -0.384. The molecule has 0 radical (unpaired) electrons. The van der Waals surface area contributed by atoms with Crippen molar-refractivity contribution in [2.75, 3.05) is 27.2 Å². The summed E-state index contributed by atoms with van der Waals surface area (Å²) in [5.41, 5.74) is 0. The van der Waals surface area contributed by atoms with Crippen LogP contribution in [0.3, 0.4) is 0 Å². The van der Waals surface area contributed by atoms with E-state index in [-0.39, 0.29) is 12.0 Å². The summed E-state index contributed by atoms with van der Waals surface area (Å²) in [5.74, 6) is -0.00357. The van der Waals surface area contributed by atoms with E-state index in [1.54, 1.807) is 14.1 Å². The van der Waals surface area contributed by atoms with E-state index in [1.165, 1.54) is 4.90 Å². The van der Waals surface area contributed by atoms with E-state index in [4.69, 9.17) is 4.74 Å². The Labute approximate surface area is 84.4 Å². The van der Waals surface area contributed by atoms with E-state index >= 15 is 0 Å². The smallest absolute Gasteiger partial charge is 0.224 e. The van der Waals surface area contributed by atoms with Crippen LogP contribution in [-0.4, -0.2) is 50.6 Å². The van der Waals surface area contributed by atoms with Crippen LogP contribution in [0.2, 0.25) is 0 Å². The van der Waals surface area contributed by atoms with Gasteiger partial charge in [-0.2, -0.15) is 0 Å². The first-order chi connectivity index (χ1) is 6.61. The molecular weight excluding hydrogens is 184 g/mol. The molecule has 0 heterocycles. The Kier molecular flexibility index (Phi) is 6.74. The minimum Gasteiger partial charge on any atom is -0.376 e. The summed E-state index contributed by atoms with van der Waals surface area (Å²) in [5, 5.41) is 2.50. The Balaban J connectivity index is 3.94. The molecule has 1 atom stereocenters. The van der Waals surface area contributed by atoms with Gasteiger partial charge in [0, 0.05) is 27.2 Å². The maximum Gasteiger partial charge on any atom is 0.224 e. The van der Waals surface area contributed by atoms with Crippen LogP contribution in [0.15, 0.2) is 0 Å². The predicted molar refractivity (Wildman–Crippen MR) is 52.8 cm³/mol. The van der Waals surface area contributed by atoms with Gasteiger partial charge in [0.2, 0.25) is 12.3 Å². The molecule has 0 saturated heterocycles. The van der Waals surface area contributed by atoms with E-state index in [1.807, 2.05) is 6.92 Å². The van der Waals surface area contributed by atoms with Crippen LogP contribution >= 0.6 is 0 Å². The number of hydrogen-bond acceptors (Lipinski definition) is 3. The third-order valence-corrected chi connectivity index (χ3v) is 1.73. The highest BCUT2D eigenvalue weighted by atomic mass is 16.5. The van der Waals surface area contributed by atoms with Gasteiger partial charge < -0.3 is 15.0 Å². The molecule has 1 N–H and O–H groups in total. The van der Waals surface area contributed by atoms with Crippen molar-refractivity contribution < 1.29 is 14.3 Å². The summed E-state index contributed by atoms with van der Waals surface area (Å²) in [7, 11) is 3.39. The molecule has 2 amide bonds. The van der Waals surface area contributed by atoms with Crippen LogP contribution < -0.4 is 5.32 Å².